The van der Waals surface area contributed by atoms with E-state index in [2.05, 4.69) is 20.7 Å². The van der Waals surface area contributed by atoms with Crippen molar-refractivity contribution in [2.45, 2.75) is 18.9 Å². The highest BCUT2D eigenvalue weighted by Crippen LogP contribution is 2.45. The molecule has 1 atom stereocenters. The van der Waals surface area contributed by atoms with Crippen LogP contribution in [0.4, 0.5) is 13.2 Å². The van der Waals surface area contributed by atoms with E-state index < -0.39 is 30.4 Å². The van der Waals surface area contributed by atoms with Crippen LogP contribution in [-0.4, -0.2) is 28.1 Å². The highest BCUT2D eigenvalue weighted by Gasteiger charge is 2.63. The molecule has 1 heterocycles. The summed E-state index contributed by atoms with van der Waals surface area (Å²) in [6.45, 7) is -0.397. The Bertz CT molecular complexity index is 644. The molecule has 0 spiro atoms. The van der Waals surface area contributed by atoms with Crippen molar-refractivity contribution < 1.29 is 34.3 Å². The van der Waals surface area contributed by atoms with Crippen molar-refractivity contribution in [1.29, 1.82) is 0 Å². The number of rotatable bonds is 1. The van der Waals surface area contributed by atoms with E-state index in [0.29, 0.717) is 10.5 Å². The highest BCUT2D eigenvalue weighted by atomic mass is 79.9. The first-order valence-electron chi connectivity index (χ1n) is 5.86. The second kappa shape index (κ2) is 4.49. The maximum absolute atomic E-state index is 13.0. The summed E-state index contributed by atoms with van der Waals surface area (Å²) >= 11 is 3.11. The summed E-state index contributed by atoms with van der Waals surface area (Å²) in [5, 5.41) is 18.6. The number of carboxylic acid groups (broad SMARTS) is 1. The van der Waals surface area contributed by atoms with Gasteiger partial charge >= 0.3 is 17.9 Å². The molecule has 0 bridgehead atoms. The van der Waals surface area contributed by atoms with Crippen LogP contribution in [0.1, 0.15) is 12.5 Å². The summed E-state index contributed by atoms with van der Waals surface area (Å²) in [6, 6.07) is 2.70. The Balaban J connectivity index is 2.73. The average molecular weight is 354 g/mol. The lowest BCUT2D eigenvalue weighted by Gasteiger charge is -2.35. The number of aryl methyl sites for hydroxylation is 1. The number of ether oxygens (including phenoxy) is 1. The Morgan fingerprint density at radius 3 is 2.65 bits per heavy atom. The van der Waals surface area contributed by atoms with Crippen LogP contribution in [-0.2, 0) is 4.79 Å². The van der Waals surface area contributed by atoms with Gasteiger partial charge in [0.1, 0.15) is 11.3 Å². The molecule has 0 saturated carbocycles. The first kappa shape index (κ1) is 13.4. The largest absolute Gasteiger partial charge is 0.478 e. The number of aliphatic hydroxyl groups is 1. The minimum atomic E-state index is -5.35. The minimum Gasteiger partial charge on any atom is -0.478 e. The van der Waals surface area contributed by atoms with Crippen LogP contribution in [0.3, 0.4) is 0 Å². The van der Waals surface area contributed by atoms with Crippen molar-refractivity contribution in [3.63, 3.8) is 0 Å². The number of carboxylic acids is 1. The van der Waals surface area contributed by atoms with Gasteiger partial charge in [-0.05, 0) is 30.7 Å². The first-order valence-corrected chi connectivity index (χ1v) is 5.94. The summed E-state index contributed by atoms with van der Waals surface area (Å²) in [5.41, 5.74) is -1.21. The van der Waals surface area contributed by atoms with E-state index in [9.17, 15) is 23.1 Å². The van der Waals surface area contributed by atoms with Crippen molar-refractivity contribution in [2.75, 3.05) is 0 Å². The molecule has 0 fully saturated rings. The predicted molar refractivity (Wildman–Crippen MR) is 66.1 cm³/mol. The normalized spacial score (nSPS) is 22.4. The average Bonchev–Trinajstić information content (AvgIpc) is 2.36. The van der Waals surface area contributed by atoms with Crippen LogP contribution in [0.25, 0.3) is 6.08 Å². The fourth-order valence-corrected chi connectivity index (χ4v) is 2.30. The third-order valence-electron chi connectivity index (χ3n) is 2.69. The summed E-state index contributed by atoms with van der Waals surface area (Å²) in [6.07, 6.45) is -4.65. The number of halogens is 4. The minimum absolute atomic E-state index is 0.0398. The number of benzene rings is 1. The maximum atomic E-state index is 13.0. The molecule has 2 N–H and O–H groups in total. The molecule has 2 rings (SSSR count). The highest BCUT2D eigenvalue weighted by molar-refractivity contribution is 9.10. The number of carbonyl (C=O) groups is 1. The Kier molecular flexibility index (Phi) is 3.02. The van der Waals surface area contributed by atoms with Crippen LogP contribution < -0.4 is 4.74 Å². The quantitative estimate of drug-likeness (QED) is 0.814. The Hall–Kier alpha value is -1.54. The van der Waals surface area contributed by atoms with Gasteiger partial charge in [-0.15, -0.1) is 0 Å². The molecular weight excluding hydrogens is 345 g/mol. The van der Waals surface area contributed by atoms with Gasteiger partial charge in [0.25, 0.3) is 0 Å². The second-order valence-corrected chi connectivity index (χ2v) is 5.01. The SMILES string of the molecule is [2H]Cc1cc(Br)cc2c1OC(O)(C(F)(F)F)C(C(=O)O)=C2. The Morgan fingerprint density at radius 1 is 1.50 bits per heavy atom. The molecule has 0 radical (unpaired) electrons. The van der Waals surface area contributed by atoms with E-state index in [4.69, 9.17) is 6.48 Å². The number of fused-ring (bicyclic) bond motifs is 1. The van der Waals surface area contributed by atoms with Crippen LogP contribution in [0.2, 0.25) is 0 Å². The zero-order valence-electron chi connectivity index (χ0n) is 10.7. The van der Waals surface area contributed by atoms with Crippen LogP contribution in [0.15, 0.2) is 22.2 Å². The first-order chi connectivity index (χ1) is 9.60. The van der Waals surface area contributed by atoms with E-state index in [0.717, 1.165) is 0 Å². The van der Waals surface area contributed by atoms with Gasteiger partial charge in [-0.3, -0.25) is 0 Å². The Labute approximate surface area is 121 Å². The number of alkyl halides is 3. The Morgan fingerprint density at radius 2 is 2.15 bits per heavy atom. The van der Waals surface area contributed by atoms with Crippen molar-refractivity contribution >= 4 is 28.0 Å². The molecule has 20 heavy (non-hydrogen) atoms. The fourth-order valence-electron chi connectivity index (χ4n) is 1.78. The molecular formula is C12H8BrF3O4. The van der Waals surface area contributed by atoms with Gasteiger partial charge in [0.2, 0.25) is 0 Å². The molecule has 4 nitrogen and oxygen atoms in total. The molecule has 0 aromatic heterocycles. The summed E-state index contributed by atoms with van der Waals surface area (Å²) < 4.78 is 51.4. The third kappa shape index (κ3) is 2.18. The standard InChI is InChI=1S/C12H8BrF3O4/c1-5-2-7(13)3-6-4-8(10(17)18)11(19,12(14,15)16)20-9(5)6/h2-4,19H,1H3,(H,17,18)/i1D. The molecule has 108 valence electrons. The van der Waals surface area contributed by atoms with Gasteiger partial charge in [0.15, 0.2) is 0 Å². The maximum Gasteiger partial charge on any atom is 0.460 e. The van der Waals surface area contributed by atoms with Gasteiger partial charge in [-0.1, -0.05) is 15.9 Å². The molecule has 1 aliphatic rings. The monoisotopic (exact) mass is 353 g/mol. The van der Waals surface area contributed by atoms with Crippen LogP contribution in [0.5, 0.6) is 5.75 Å². The number of hydrogen-bond acceptors (Lipinski definition) is 3. The smallest absolute Gasteiger partial charge is 0.460 e. The third-order valence-corrected chi connectivity index (χ3v) is 3.15. The molecule has 1 aromatic carbocycles. The zero-order valence-corrected chi connectivity index (χ0v) is 11.2. The lowest BCUT2D eigenvalue weighted by atomic mass is 9.96. The number of hydrogen-bond donors (Lipinski definition) is 2. The fraction of sp³-hybridized carbons (Fsp3) is 0.250. The lowest BCUT2D eigenvalue weighted by molar-refractivity contribution is -0.316. The van der Waals surface area contributed by atoms with Gasteiger partial charge in [0, 0.05) is 11.4 Å². The second-order valence-electron chi connectivity index (χ2n) is 4.09. The molecule has 0 amide bonds. The summed E-state index contributed by atoms with van der Waals surface area (Å²) in [5.74, 6) is -6.27. The van der Waals surface area contributed by atoms with Crippen molar-refractivity contribution in [3.05, 3.63) is 33.3 Å². The van der Waals surface area contributed by atoms with Crippen molar-refractivity contribution in [3.8, 4) is 5.75 Å². The van der Waals surface area contributed by atoms with E-state index in [-0.39, 0.29) is 16.9 Å². The van der Waals surface area contributed by atoms with Gasteiger partial charge in [0.05, 0.1) is 0 Å². The molecule has 1 aromatic rings. The molecule has 0 aliphatic carbocycles. The van der Waals surface area contributed by atoms with E-state index in [1.807, 2.05) is 0 Å². The van der Waals surface area contributed by atoms with E-state index in [1.165, 1.54) is 12.1 Å². The molecule has 0 saturated heterocycles. The van der Waals surface area contributed by atoms with Gasteiger partial charge < -0.3 is 14.9 Å². The van der Waals surface area contributed by atoms with E-state index >= 15 is 0 Å². The molecule has 1 aliphatic heterocycles. The van der Waals surface area contributed by atoms with Gasteiger partial charge in [-0.2, -0.15) is 13.2 Å². The van der Waals surface area contributed by atoms with E-state index in [1.54, 1.807) is 0 Å². The molecule has 1 unspecified atom stereocenters. The topological polar surface area (TPSA) is 66.8 Å². The summed E-state index contributed by atoms with van der Waals surface area (Å²) in [4.78, 5) is 11.0. The number of aliphatic carboxylic acids is 1. The van der Waals surface area contributed by atoms with Crippen LogP contribution >= 0.6 is 15.9 Å². The zero-order chi connectivity index (χ0) is 16.0. The van der Waals surface area contributed by atoms with Crippen molar-refractivity contribution in [1.82, 2.24) is 0 Å². The predicted octanol–water partition coefficient (Wildman–Crippen LogP) is 2.87. The van der Waals surface area contributed by atoms with Crippen molar-refractivity contribution in [2.24, 2.45) is 0 Å². The lowest BCUT2D eigenvalue weighted by Crippen LogP contribution is -2.54. The molecule has 8 heteroatoms. The van der Waals surface area contributed by atoms with Crippen LogP contribution in [0, 0.1) is 6.90 Å². The van der Waals surface area contributed by atoms with Gasteiger partial charge in [-0.25, -0.2) is 4.79 Å². The summed E-state index contributed by atoms with van der Waals surface area (Å²) in [7, 11) is 0.